The van der Waals surface area contributed by atoms with Crippen molar-refractivity contribution in [3.05, 3.63) is 41.7 Å². The molecule has 0 aliphatic carbocycles. The van der Waals surface area contributed by atoms with Crippen molar-refractivity contribution in [2.45, 2.75) is 13.0 Å². The number of benzene rings is 1. The number of imidazole rings is 1. The van der Waals surface area contributed by atoms with Crippen LogP contribution in [0.4, 0.5) is 0 Å². The first-order valence-corrected chi connectivity index (χ1v) is 5.66. The lowest BCUT2D eigenvalue weighted by Crippen LogP contribution is -2.06. The van der Waals surface area contributed by atoms with E-state index < -0.39 is 0 Å². The van der Waals surface area contributed by atoms with Gasteiger partial charge in [0, 0.05) is 29.5 Å². The summed E-state index contributed by atoms with van der Waals surface area (Å²) >= 11 is 5.96. The molecule has 2 aromatic rings. The van der Waals surface area contributed by atoms with Gasteiger partial charge in [0.05, 0.1) is 0 Å². The molecule has 0 spiro atoms. The fourth-order valence-corrected chi connectivity index (χ4v) is 1.83. The minimum absolute atomic E-state index is 0.688. The number of nitrogens with zero attached hydrogens (tertiary/aromatic N) is 2. The van der Waals surface area contributed by atoms with Gasteiger partial charge < -0.3 is 10.3 Å². The molecule has 3 nitrogen and oxygen atoms in total. The highest BCUT2D eigenvalue weighted by molar-refractivity contribution is 6.30. The maximum Gasteiger partial charge on any atom is 0.139 e. The lowest BCUT2D eigenvalue weighted by Gasteiger charge is -2.07. The molecule has 0 aliphatic heterocycles. The van der Waals surface area contributed by atoms with Gasteiger partial charge in [-0.1, -0.05) is 23.7 Å². The zero-order valence-corrected chi connectivity index (χ0v) is 9.69. The number of hydrogen-bond donors (Lipinski definition) is 1. The molecule has 0 aliphatic rings. The zero-order valence-electron chi connectivity index (χ0n) is 8.94. The molecule has 0 saturated carbocycles. The summed E-state index contributed by atoms with van der Waals surface area (Å²) in [5.74, 6) is 0.941. The molecule has 84 valence electrons. The summed E-state index contributed by atoms with van der Waals surface area (Å²) in [6.07, 6.45) is 4.71. The second kappa shape index (κ2) is 5.14. The third kappa shape index (κ3) is 2.43. The molecule has 4 heteroatoms. The molecule has 1 aromatic heterocycles. The molecule has 2 rings (SSSR count). The van der Waals surface area contributed by atoms with Crippen LogP contribution in [0, 0.1) is 0 Å². The van der Waals surface area contributed by atoms with Crippen molar-refractivity contribution in [2.24, 2.45) is 5.73 Å². The van der Waals surface area contributed by atoms with Gasteiger partial charge >= 0.3 is 0 Å². The maximum absolute atomic E-state index is 5.96. The van der Waals surface area contributed by atoms with Crippen molar-refractivity contribution in [3.63, 3.8) is 0 Å². The van der Waals surface area contributed by atoms with E-state index in [1.165, 1.54) is 0 Å². The molecule has 0 amide bonds. The molecule has 0 bridgehead atoms. The molecule has 0 radical (unpaired) electrons. The topological polar surface area (TPSA) is 43.8 Å². The van der Waals surface area contributed by atoms with E-state index in [1.807, 2.05) is 30.5 Å². The average Bonchev–Trinajstić information content (AvgIpc) is 2.74. The third-order valence-corrected chi connectivity index (χ3v) is 2.64. The van der Waals surface area contributed by atoms with Gasteiger partial charge in [-0.2, -0.15) is 0 Å². The van der Waals surface area contributed by atoms with Crippen molar-refractivity contribution in [2.75, 3.05) is 6.54 Å². The van der Waals surface area contributed by atoms with Crippen molar-refractivity contribution in [1.82, 2.24) is 9.55 Å². The molecule has 1 aromatic carbocycles. The zero-order chi connectivity index (χ0) is 11.4. The van der Waals surface area contributed by atoms with Crippen LogP contribution in [-0.4, -0.2) is 16.1 Å². The van der Waals surface area contributed by atoms with E-state index in [4.69, 9.17) is 17.3 Å². The Hall–Kier alpha value is -1.32. The van der Waals surface area contributed by atoms with Gasteiger partial charge in [0.25, 0.3) is 0 Å². The van der Waals surface area contributed by atoms with Crippen LogP contribution in [0.1, 0.15) is 6.42 Å². The fraction of sp³-hybridized carbons (Fsp3) is 0.250. The van der Waals surface area contributed by atoms with E-state index in [2.05, 4.69) is 9.55 Å². The van der Waals surface area contributed by atoms with E-state index in [1.54, 1.807) is 6.20 Å². The number of rotatable bonds is 4. The van der Waals surface area contributed by atoms with Crippen LogP contribution in [0.25, 0.3) is 11.4 Å². The van der Waals surface area contributed by atoms with E-state index >= 15 is 0 Å². The minimum atomic E-state index is 0.688. The van der Waals surface area contributed by atoms with Gasteiger partial charge in [-0.3, -0.25) is 0 Å². The van der Waals surface area contributed by atoms with Crippen LogP contribution in [0.2, 0.25) is 5.02 Å². The Kier molecular flexibility index (Phi) is 3.59. The number of aromatic nitrogens is 2. The first-order chi connectivity index (χ1) is 7.81. The summed E-state index contributed by atoms with van der Waals surface area (Å²) in [5, 5.41) is 0.728. The van der Waals surface area contributed by atoms with Crippen molar-refractivity contribution < 1.29 is 0 Å². The molecule has 16 heavy (non-hydrogen) atoms. The largest absolute Gasteiger partial charge is 0.331 e. The Morgan fingerprint density at radius 3 is 3.00 bits per heavy atom. The van der Waals surface area contributed by atoms with Gasteiger partial charge in [-0.05, 0) is 25.1 Å². The van der Waals surface area contributed by atoms with Gasteiger partial charge in [0.1, 0.15) is 5.82 Å². The lowest BCUT2D eigenvalue weighted by molar-refractivity contribution is 0.656. The molecule has 1 heterocycles. The van der Waals surface area contributed by atoms with Gasteiger partial charge in [-0.15, -0.1) is 0 Å². The van der Waals surface area contributed by atoms with E-state index in [9.17, 15) is 0 Å². The molecule has 0 saturated heterocycles. The summed E-state index contributed by atoms with van der Waals surface area (Å²) in [6, 6.07) is 7.72. The lowest BCUT2D eigenvalue weighted by atomic mass is 10.2. The predicted molar refractivity (Wildman–Crippen MR) is 66.3 cm³/mol. The van der Waals surface area contributed by atoms with E-state index in [-0.39, 0.29) is 0 Å². The fourth-order valence-electron chi connectivity index (χ4n) is 1.64. The number of nitrogens with two attached hydrogens (primary N) is 1. The van der Waals surface area contributed by atoms with Crippen LogP contribution in [0.15, 0.2) is 36.7 Å². The van der Waals surface area contributed by atoms with Crippen molar-refractivity contribution >= 4 is 11.6 Å². The van der Waals surface area contributed by atoms with Crippen LogP contribution in [0.5, 0.6) is 0 Å². The van der Waals surface area contributed by atoms with Crippen LogP contribution in [-0.2, 0) is 6.54 Å². The molecular formula is C12H14ClN3. The average molecular weight is 236 g/mol. The normalized spacial score (nSPS) is 10.6. The smallest absolute Gasteiger partial charge is 0.139 e. The molecular weight excluding hydrogens is 222 g/mol. The second-order valence-electron chi connectivity index (χ2n) is 3.60. The minimum Gasteiger partial charge on any atom is -0.331 e. The Balaban J connectivity index is 2.29. The van der Waals surface area contributed by atoms with E-state index in [0.29, 0.717) is 6.54 Å². The predicted octanol–water partition coefficient (Wildman–Crippen LogP) is 2.55. The molecule has 2 N–H and O–H groups in total. The standard InChI is InChI=1S/C12H14ClN3/c13-11-4-1-3-10(9-11)12-15-6-8-16(12)7-2-5-14/h1,3-4,6,8-9H,2,5,7,14H2. The number of hydrogen-bond acceptors (Lipinski definition) is 2. The van der Waals surface area contributed by atoms with Crippen molar-refractivity contribution in [3.8, 4) is 11.4 Å². The number of aryl methyl sites for hydroxylation is 1. The second-order valence-corrected chi connectivity index (χ2v) is 4.03. The Morgan fingerprint density at radius 2 is 2.25 bits per heavy atom. The summed E-state index contributed by atoms with van der Waals surface area (Å²) in [6.45, 7) is 1.57. The molecule has 0 atom stereocenters. The third-order valence-electron chi connectivity index (χ3n) is 2.40. The van der Waals surface area contributed by atoms with Crippen LogP contribution >= 0.6 is 11.6 Å². The maximum atomic E-state index is 5.96. The number of halogens is 1. The van der Waals surface area contributed by atoms with Gasteiger partial charge in [0.2, 0.25) is 0 Å². The Labute approximate surface area is 99.9 Å². The Morgan fingerprint density at radius 1 is 1.38 bits per heavy atom. The first-order valence-electron chi connectivity index (χ1n) is 5.28. The van der Waals surface area contributed by atoms with Gasteiger partial charge in [-0.25, -0.2) is 4.98 Å². The molecule has 0 fully saturated rings. The molecule has 0 unspecified atom stereocenters. The summed E-state index contributed by atoms with van der Waals surface area (Å²) < 4.78 is 2.10. The van der Waals surface area contributed by atoms with Crippen LogP contribution in [0.3, 0.4) is 0 Å². The Bertz CT molecular complexity index is 465. The summed E-state index contributed by atoms with van der Waals surface area (Å²) in [7, 11) is 0. The summed E-state index contributed by atoms with van der Waals surface area (Å²) in [4.78, 5) is 4.34. The quantitative estimate of drug-likeness (QED) is 0.885. The monoisotopic (exact) mass is 235 g/mol. The van der Waals surface area contributed by atoms with Crippen LogP contribution < -0.4 is 5.73 Å². The van der Waals surface area contributed by atoms with Gasteiger partial charge in [0.15, 0.2) is 0 Å². The highest BCUT2D eigenvalue weighted by Gasteiger charge is 2.05. The highest BCUT2D eigenvalue weighted by Crippen LogP contribution is 2.21. The van der Waals surface area contributed by atoms with E-state index in [0.717, 1.165) is 29.4 Å². The van der Waals surface area contributed by atoms with Crippen molar-refractivity contribution in [1.29, 1.82) is 0 Å². The first kappa shape index (κ1) is 11.2. The SMILES string of the molecule is NCCCn1ccnc1-c1cccc(Cl)c1. The highest BCUT2D eigenvalue weighted by atomic mass is 35.5. The summed E-state index contributed by atoms with van der Waals surface area (Å²) in [5.41, 5.74) is 6.54.